The van der Waals surface area contributed by atoms with Gasteiger partial charge in [0.15, 0.2) is 0 Å². The third-order valence-corrected chi connectivity index (χ3v) is 4.44. The lowest BCUT2D eigenvalue weighted by atomic mass is 10.00. The molecular formula is C17H28FNS. The molecule has 0 aliphatic carbocycles. The summed E-state index contributed by atoms with van der Waals surface area (Å²) in [6.07, 6.45) is 4.70. The predicted octanol–water partition coefficient (Wildman–Crippen LogP) is 5.18. The highest BCUT2D eigenvalue weighted by Gasteiger charge is 2.14. The summed E-state index contributed by atoms with van der Waals surface area (Å²) in [5.41, 5.74) is 1.20. The molecule has 1 aromatic carbocycles. The number of rotatable bonds is 10. The molecule has 3 heteroatoms. The van der Waals surface area contributed by atoms with Gasteiger partial charge in [-0.1, -0.05) is 38.8 Å². The van der Waals surface area contributed by atoms with Gasteiger partial charge in [-0.2, -0.15) is 11.8 Å². The fourth-order valence-electron chi connectivity index (χ4n) is 2.28. The molecule has 0 radical (unpaired) electrons. The average Bonchev–Trinajstić information content (AvgIpc) is 2.44. The fraction of sp³-hybridized carbons (Fsp3) is 0.647. The normalized spacial score (nSPS) is 14.2. The van der Waals surface area contributed by atoms with Crippen molar-refractivity contribution in [2.45, 2.75) is 58.5 Å². The van der Waals surface area contributed by atoms with Gasteiger partial charge in [0.25, 0.3) is 0 Å². The molecule has 0 heterocycles. The largest absolute Gasteiger partial charge is 0.307 e. The van der Waals surface area contributed by atoms with Gasteiger partial charge in [0, 0.05) is 12.1 Å². The quantitative estimate of drug-likeness (QED) is 0.597. The summed E-state index contributed by atoms with van der Waals surface area (Å²) >= 11 is 1.99. The second-order valence-corrected chi connectivity index (χ2v) is 6.69. The molecular weight excluding hydrogens is 269 g/mol. The van der Waals surface area contributed by atoms with Crippen molar-refractivity contribution < 1.29 is 4.39 Å². The SMILES string of the molecule is CCCCC(NC(C)CCSCC)c1ccc(F)cc1. The molecule has 2 atom stereocenters. The molecule has 2 unspecified atom stereocenters. The molecule has 0 saturated carbocycles. The highest BCUT2D eigenvalue weighted by molar-refractivity contribution is 7.99. The van der Waals surface area contributed by atoms with Crippen LogP contribution in [0.4, 0.5) is 4.39 Å². The number of benzene rings is 1. The minimum Gasteiger partial charge on any atom is -0.307 e. The molecule has 0 spiro atoms. The monoisotopic (exact) mass is 297 g/mol. The topological polar surface area (TPSA) is 12.0 Å². The highest BCUT2D eigenvalue weighted by atomic mass is 32.2. The van der Waals surface area contributed by atoms with Crippen molar-refractivity contribution in [2.24, 2.45) is 0 Å². The van der Waals surface area contributed by atoms with Crippen LogP contribution < -0.4 is 5.32 Å². The van der Waals surface area contributed by atoms with E-state index in [0.29, 0.717) is 12.1 Å². The van der Waals surface area contributed by atoms with E-state index in [1.807, 2.05) is 23.9 Å². The van der Waals surface area contributed by atoms with E-state index >= 15 is 0 Å². The number of hydrogen-bond acceptors (Lipinski definition) is 2. The number of halogens is 1. The summed E-state index contributed by atoms with van der Waals surface area (Å²) < 4.78 is 13.0. The minimum absolute atomic E-state index is 0.157. The Morgan fingerprint density at radius 1 is 1.15 bits per heavy atom. The van der Waals surface area contributed by atoms with Crippen LogP contribution in [0.25, 0.3) is 0 Å². The summed E-state index contributed by atoms with van der Waals surface area (Å²) in [4.78, 5) is 0. The average molecular weight is 297 g/mol. The van der Waals surface area contributed by atoms with Crippen LogP contribution in [-0.2, 0) is 0 Å². The maximum atomic E-state index is 13.0. The zero-order chi connectivity index (χ0) is 14.8. The minimum atomic E-state index is -0.157. The second-order valence-electron chi connectivity index (χ2n) is 5.30. The lowest BCUT2D eigenvalue weighted by Gasteiger charge is -2.24. The van der Waals surface area contributed by atoms with Crippen molar-refractivity contribution in [3.63, 3.8) is 0 Å². The van der Waals surface area contributed by atoms with Gasteiger partial charge in [0.05, 0.1) is 0 Å². The van der Waals surface area contributed by atoms with E-state index in [0.717, 1.165) is 6.42 Å². The number of hydrogen-bond donors (Lipinski definition) is 1. The lowest BCUT2D eigenvalue weighted by Crippen LogP contribution is -2.31. The standard InChI is InChI=1S/C17H28FNS/c1-4-6-7-17(15-8-10-16(18)11-9-15)19-14(3)12-13-20-5-2/h8-11,14,17,19H,4-7,12-13H2,1-3H3. The van der Waals surface area contributed by atoms with Crippen LogP contribution >= 0.6 is 11.8 Å². The Balaban J connectivity index is 2.57. The fourth-order valence-corrected chi connectivity index (χ4v) is 3.09. The molecule has 1 nitrogen and oxygen atoms in total. The number of unbranched alkanes of at least 4 members (excludes halogenated alkanes) is 1. The van der Waals surface area contributed by atoms with Crippen molar-refractivity contribution in [1.82, 2.24) is 5.32 Å². The summed E-state index contributed by atoms with van der Waals surface area (Å²) in [6.45, 7) is 6.66. The lowest BCUT2D eigenvalue weighted by molar-refractivity contribution is 0.417. The molecule has 0 saturated heterocycles. The predicted molar refractivity (Wildman–Crippen MR) is 88.9 cm³/mol. The zero-order valence-electron chi connectivity index (χ0n) is 13.0. The molecule has 0 amide bonds. The van der Waals surface area contributed by atoms with E-state index in [2.05, 4.69) is 26.1 Å². The third kappa shape index (κ3) is 6.76. The van der Waals surface area contributed by atoms with Crippen LogP contribution in [0.2, 0.25) is 0 Å². The third-order valence-electron chi connectivity index (χ3n) is 3.50. The smallest absolute Gasteiger partial charge is 0.123 e. The number of nitrogens with one attached hydrogen (secondary N) is 1. The Morgan fingerprint density at radius 2 is 1.85 bits per heavy atom. The van der Waals surface area contributed by atoms with Gasteiger partial charge in [0.1, 0.15) is 5.82 Å². The first-order chi connectivity index (χ1) is 9.67. The molecule has 0 bridgehead atoms. The molecule has 1 rings (SSSR count). The van der Waals surface area contributed by atoms with Gasteiger partial charge < -0.3 is 5.32 Å². The summed E-state index contributed by atoms with van der Waals surface area (Å²) in [5.74, 6) is 2.23. The van der Waals surface area contributed by atoms with E-state index in [-0.39, 0.29) is 5.82 Å². The Morgan fingerprint density at radius 3 is 2.45 bits per heavy atom. The Kier molecular flexibility index (Phi) is 8.95. The van der Waals surface area contributed by atoms with E-state index in [1.165, 1.54) is 36.3 Å². The van der Waals surface area contributed by atoms with Gasteiger partial charge >= 0.3 is 0 Å². The van der Waals surface area contributed by atoms with Crippen LogP contribution in [0.1, 0.15) is 58.1 Å². The van der Waals surface area contributed by atoms with Crippen LogP contribution in [0, 0.1) is 5.82 Å². The van der Waals surface area contributed by atoms with Crippen LogP contribution in [0.15, 0.2) is 24.3 Å². The van der Waals surface area contributed by atoms with Crippen LogP contribution in [0.5, 0.6) is 0 Å². The summed E-state index contributed by atoms with van der Waals surface area (Å²) in [6, 6.07) is 7.80. The van der Waals surface area contributed by atoms with Gasteiger partial charge in [-0.15, -0.1) is 0 Å². The van der Waals surface area contributed by atoms with Gasteiger partial charge in [0.2, 0.25) is 0 Å². The van der Waals surface area contributed by atoms with E-state index < -0.39 is 0 Å². The zero-order valence-corrected chi connectivity index (χ0v) is 13.8. The molecule has 1 aromatic rings. The molecule has 0 aliphatic heterocycles. The van der Waals surface area contributed by atoms with Crippen molar-refractivity contribution in [2.75, 3.05) is 11.5 Å². The van der Waals surface area contributed by atoms with Crippen molar-refractivity contribution in [3.05, 3.63) is 35.6 Å². The van der Waals surface area contributed by atoms with Gasteiger partial charge in [-0.25, -0.2) is 4.39 Å². The van der Waals surface area contributed by atoms with Crippen molar-refractivity contribution in [1.29, 1.82) is 0 Å². The van der Waals surface area contributed by atoms with Crippen LogP contribution in [0.3, 0.4) is 0 Å². The molecule has 0 aliphatic rings. The molecule has 20 heavy (non-hydrogen) atoms. The van der Waals surface area contributed by atoms with Crippen molar-refractivity contribution in [3.8, 4) is 0 Å². The first-order valence-electron chi connectivity index (χ1n) is 7.76. The molecule has 1 N–H and O–H groups in total. The Hall–Kier alpha value is -0.540. The van der Waals surface area contributed by atoms with E-state index in [9.17, 15) is 4.39 Å². The van der Waals surface area contributed by atoms with Crippen LogP contribution in [-0.4, -0.2) is 17.5 Å². The highest BCUT2D eigenvalue weighted by Crippen LogP contribution is 2.21. The maximum absolute atomic E-state index is 13.0. The first kappa shape index (κ1) is 17.5. The summed E-state index contributed by atoms with van der Waals surface area (Å²) in [5, 5.41) is 3.71. The maximum Gasteiger partial charge on any atom is 0.123 e. The molecule has 114 valence electrons. The van der Waals surface area contributed by atoms with E-state index in [1.54, 1.807) is 12.1 Å². The van der Waals surface area contributed by atoms with Gasteiger partial charge in [-0.05, 0) is 49.0 Å². The van der Waals surface area contributed by atoms with E-state index in [4.69, 9.17) is 0 Å². The first-order valence-corrected chi connectivity index (χ1v) is 8.92. The Labute approximate surface area is 127 Å². The molecule has 0 fully saturated rings. The van der Waals surface area contributed by atoms with Crippen molar-refractivity contribution >= 4 is 11.8 Å². The Bertz CT molecular complexity index is 353. The van der Waals surface area contributed by atoms with Gasteiger partial charge in [-0.3, -0.25) is 0 Å². The number of thioether (sulfide) groups is 1. The second kappa shape index (κ2) is 10.2. The molecule has 0 aromatic heterocycles. The summed E-state index contributed by atoms with van der Waals surface area (Å²) in [7, 11) is 0.